The zero-order valence-corrected chi connectivity index (χ0v) is 13.1. The summed E-state index contributed by atoms with van der Waals surface area (Å²) in [6, 6.07) is 0.671. The van der Waals surface area contributed by atoms with Crippen molar-refractivity contribution in [3.63, 3.8) is 0 Å². The van der Waals surface area contributed by atoms with Crippen molar-refractivity contribution in [1.82, 2.24) is 10.2 Å². The van der Waals surface area contributed by atoms with Crippen molar-refractivity contribution in [1.29, 1.82) is 0 Å². The Balaban J connectivity index is 1.63. The Morgan fingerprint density at radius 2 is 2.00 bits per heavy atom. The smallest absolute Gasteiger partial charge is 0.0666 e. The van der Waals surface area contributed by atoms with E-state index in [9.17, 15) is 0 Å². The van der Waals surface area contributed by atoms with Crippen molar-refractivity contribution in [2.45, 2.75) is 64.0 Å². The normalized spacial score (nSPS) is 34.6. The van der Waals surface area contributed by atoms with E-state index in [1.54, 1.807) is 0 Å². The van der Waals surface area contributed by atoms with Crippen LogP contribution < -0.4 is 5.32 Å². The van der Waals surface area contributed by atoms with Gasteiger partial charge in [-0.25, -0.2) is 0 Å². The number of hydrogen-bond acceptors (Lipinski definition) is 3. The summed E-state index contributed by atoms with van der Waals surface area (Å²) in [5, 5.41) is 3.78. The van der Waals surface area contributed by atoms with Crippen LogP contribution in [0, 0.1) is 5.92 Å². The number of nitrogens with one attached hydrogen (secondary N) is 1. The Kier molecular flexibility index (Phi) is 5.67. The molecule has 112 valence electrons. The highest BCUT2D eigenvalue weighted by Crippen LogP contribution is 2.28. The molecule has 0 saturated carbocycles. The summed E-state index contributed by atoms with van der Waals surface area (Å²) in [5.74, 6) is 0.945. The van der Waals surface area contributed by atoms with Gasteiger partial charge in [-0.05, 0) is 78.0 Å². The first-order valence-electron chi connectivity index (χ1n) is 8.17. The van der Waals surface area contributed by atoms with Crippen molar-refractivity contribution < 1.29 is 4.74 Å². The van der Waals surface area contributed by atoms with Crippen LogP contribution in [0.15, 0.2) is 0 Å². The van der Waals surface area contributed by atoms with Crippen molar-refractivity contribution in [3.05, 3.63) is 0 Å². The third-order valence-electron chi connectivity index (χ3n) is 5.17. The fraction of sp³-hybridized carbons (Fsp3) is 1.00. The summed E-state index contributed by atoms with van der Waals surface area (Å²) in [5.41, 5.74) is 0.115. The summed E-state index contributed by atoms with van der Waals surface area (Å²) in [6.07, 6.45) is 7.62. The van der Waals surface area contributed by atoms with E-state index in [1.807, 2.05) is 0 Å². The van der Waals surface area contributed by atoms with Gasteiger partial charge < -0.3 is 15.0 Å². The molecular weight excluding hydrogens is 236 g/mol. The van der Waals surface area contributed by atoms with Crippen LogP contribution in [0.25, 0.3) is 0 Å². The number of likely N-dealkylation sites (tertiary alicyclic amines) is 1. The lowest BCUT2D eigenvalue weighted by atomic mass is 9.89. The summed E-state index contributed by atoms with van der Waals surface area (Å²) < 4.78 is 5.91. The summed E-state index contributed by atoms with van der Waals surface area (Å²) in [4.78, 5) is 2.45. The van der Waals surface area contributed by atoms with Crippen molar-refractivity contribution >= 4 is 0 Å². The van der Waals surface area contributed by atoms with Gasteiger partial charge in [-0.2, -0.15) is 0 Å². The van der Waals surface area contributed by atoms with Crippen LogP contribution in [0.3, 0.4) is 0 Å². The van der Waals surface area contributed by atoms with E-state index < -0.39 is 0 Å². The molecule has 0 bridgehead atoms. The predicted molar refractivity (Wildman–Crippen MR) is 80.5 cm³/mol. The molecule has 0 spiro atoms. The van der Waals surface area contributed by atoms with Crippen molar-refractivity contribution in [2.24, 2.45) is 5.92 Å². The zero-order chi connectivity index (χ0) is 13.7. The van der Waals surface area contributed by atoms with E-state index in [-0.39, 0.29) is 5.60 Å². The molecule has 0 aromatic carbocycles. The van der Waals surface area contributed by atoms with Gasteiger partial charge in [0.1, 0.15) is 0 Å². The SMILES string of the molecule is CCC1(C)CC(NCCC2CCN(C)CC2)CCO1. The Labute approximate surface area is 119 Å². The number of ether oxygens (including phenoxy) is 1. The van der Waals surface area contributed by atoms with E-state index in [1.165, 1.54) is 51.7 Å². The zero-order valence-electron chi connectivity index (χ0n) is 13.1. The number of hydrogen-bond donors (Lipinski definition) is 1. The molecule has 0 amide bonds. The summed E-state index contributed by atoms with van der Waals surface area (Å²) in [7, 11) is 2.24. The van der Waals surface area contributed by atoms with Gasteiger partial charge in [0, 0.05) is 12.6 Å². The number of piperidine rings is 1. The van der Waals surface area contributed by atoms with Gasteiger partial charge in [-0.15, -0.1) is 0 Å². The molecule has 3 heteroatoms. The Hall–Kier alpha value is -0.120. The van der Waals surface area contributed by atoms with Gasteiger partial charge in [0.15, 0.2) is 0 Å². The molecule has 0 radical (unpaired) electrons. The average Bonchev–Trinajstić information content (AvgIpc) is 2.41. The summed E-state index contributed by atoms with van der Waals surface area (Å²) in [6.45, 7) is 9.19. The number of nitrogens with zero attached hydrogens (tertiary/aromatic N) is 1. The first kappa shape index (κ1) is 15.3. The van der Waals surface area contributed by atoms with E-state index >= 15 is 0 Å². The van der Waals surface area contributed by atoms with Gasteiger partial charge >= 0.3 is 0 Å². The number of rotatable bonds is 5. The molecule has 0 aromatic rings. The highest BCUT2D eigenvalue weighted by molar-refractivity contribution is 4.85. The van der Waals surface area contributed by atoms with Crippen LogP contribution in [0.4, 0.5) is 0 Å². The minimum Gasteiger partial charge on any atom is -0.375 e. The Morgan fingerprint density at radius 1 is 1.26 bits per heavy atom. The monoisotopic (exact) mass is 268 g/mol. The molecule has 0 aliphatic carbocycles. The average molecular weight is 268 g/mol. The van der Waals surface area contributed by atoms with E-state index in [2.05, 4.69) is 31.1 Å². The van der Waals surface area contributed by atoms with Crippen LogP contribution in [0.5, 0.6) is 0 Å². The maximum Gasteiger partial charge on any atom is 0.0666 e. The molecule has 2 unspecified atom stereocenters. The standard InChI is InChI=1S/C16H32N2O/c1-4-16(2)13-15(8-12-19-16)17-9-5-14-6-10-18(3)11-7-14/h14-15,17H,4-13H2,1-3H3. The first-order chi connectivity index (χ1) is 9.11. The maximum atomic E-state index is 5.91. The third-order valence-corrected chi connectivity index (χ3v) is 5.17. The van der Waals surface area contributed by atoms with Crippen molar-refractivity contribution in [2.75, 3.05) is 33.3 Å². The molecule has 2 aliphatic heterocycles. The lowest BCUT2D eigenvalue weighted by Gasteiger charge is -2.38. The maximum absolute atomic E-state index is 5.91. The molecule has 2 fully saturated rings. The lowest BCUT2D eigenvalue weighted by Crippen LogP contribution is -2.45. The summed E-state index contributed by atoms with van der Waals surface area (Å²) >= 11 is 0. The highest BCUT2D eigenvalue weighted by Gasteiger charge is 2.31. The molecule has 19 heavy (non-hydrogen) atoms. The van der Waals surface area contributed by atoms with Crippen LogP contribution in [0.2, 0.25) is 0 Å². The van der Waals surface area contributed by atoms with E-state index in [0.717, 1.165) is 18.9 Å². The molecular formula is C16H32N2O. The third kappa shape index (κ3) is 4.73. The topological polar surface area (TPSA) is 24.5 Å². The second-order valence-corrected chi connectivity index (χ2v) is 6.83. The molecule has 2 rings (SSSR count). The second kappa shape index (κ2) is 7.05. The lowest BCUT2D eigenvalue weighted by molar-refractivity contribution is -0.0779. The minimum absolute atomic E-state index is 0.115. The van der Waals surface area contributed by atoms with E-state index in [4.69, 9.17) is 4.74 Å². The molecule has 3 nitrogen and oxygen atoms in total. The van der Waals surface area contributed by atoms with Crippen LogP contribution in [-0.2, 0) is 4.74 Å². The largest absolute Gasteiger partial charge is 0.375 e. The molecule has 2 saturated heterocycles. The first-order valence-corrected chi connectivity index (χ1v) is 8.17. The molecule has 1 N–H and O–H groups in total. The molecule has 2 aliphatic rings. The highest BCUT2D eigenvalue weighted by atomic mass is 16.5. The Bertz CT molecular complexity index is 263. The van der Waals surface area contributed by atoms with Gasteiger partial charge in [0.2, 0.25) is 0 Å². The van der Waals surface area contributed by atoms with Crippen LogP contribution in [-0.4, -0.2) is 49.8 Å². The van der Waals surface area contributed by atoms with Gasteiger partial charge in [-0.1, -0.05) is 6.92 Å². The predicted octanol–water partition coefficient (Wildman–Crippen LogP) is 2.66. The molecule has 2 heterocycles. The van der Waals surface area contributed by atoms with Gasteiger partial charge in [0.05, 0.1) is 5.60 Å². The fourth-order valence-corrected chi connectivity index (χ4v) is 3.39. The second-order valence-electron chi connectivity index (χ2n) is 6.83. The van der Waals surface area contributed by atoms with Crippen LogP contribution >= 0.6 is 0 Å². The Morgan fingerprint density at radius 3 is 2.68 bits per heavy atom. The van der Waals surface area contributed by atoms with Crippen LogP contribution in [0.1, 0.15) is 52.4 Å². The van der Waals surface area contributed by atoms with E-state index in [0.29, 0.717) is 6.04 Å². The quantitative estimate of drug-likeness (QED) is 0.829. The fourth-order valence-electron chi connectivity index (χ4n) is 3.39. The van der Waals surface area contributed by atoms with Gasteiger partial charge in [-0.3, -0.25) is 0 Å². The molecule has 2 atom stereocenters. The minimum atomic E-state index is 0.115. The van der Waals surface area contributed by atoms with Gasteiger partial charge in [0.25, 0.3) is 0 Å². The van der Waals surface area contributed by atoms with Crippen molar-refractivity contribution in [3.8, 4) is 0 Å². The molecule has 0 aromatic heterocycles.